The second kappa shape index (κ2) is 8.37. The Balaban J connectivity index is 0.00000208. The van der Waals surface area contributed by atoms with Crippen LogP contribution < -0.4 is 15.4 Å². The summed E-state index contributed by atoms with van der Waals surface area (Å²) in [7, 11) is 1.60. The molecule has 1 saturated heterocycles. The highest BCUT2D eigenvalue weighted by Crippen LogP contribution is 2.32. The van der Waals surface area contributed by atoms with E-state index in [1.165, 1.54) is 0 Å². The number of carbonyl (C=O) groups is 1. The number of carbonyl (C=O) groups excluding carboxylic acids is 1. The zero-order valence-electron chi connectivity index (χ0n) is 13.3. The molecule has 1 amide bonds. The number of aromatic nitrogens is 2. The van der Waals surface area contributed by atoms with Gasteiger partial charge in [-0.1, -0.05) is 11.6 Å². The summed E-state index contributed by atoms with van der Waals surface area (Å²) >= 11 is 6.05. The van der Waals surface area contributed by atoms with E-state index in [0.29, 0.717) is 16.6 Å². The summed E-state index contributed by atoms with van der Waals surface area (Å²) in [5.74, 6) is 1.25. The number of hydrogen-bond acceptors (Lipinski definition) is 4. The second-order valence-corrected chi connectivity index (χ2v) is 5.96. The third-order valence-electron chi connectivity index (χ3n) is 3.99. The quantitative estimate of drug-likeness (QED) is 0.772. The van der Waals surface area contributed by atoms with Crippen molar-refractivity contribution in [3.8, 4) is 17.0 Å². The summed E-state index contributed by atoms with van der Waals surface area (Å²) in [5.41, 5.74) is 1.54. The third kappa shape index (κ3) is 4.20. The Labute approximate surface area is 151 Å². The minimum Gasteiger partial charge on any atom is -0.496 e. The van der Waals surface area contributed by atoms with Crippen LogP contribution in [0.3, 0.4) is 0 Å². The number of amides is 1. The van der Waals surface area contributed by atoms with Gasteiger partial charge in [0.2, 0.25) is 5.91 Å². The smallest absolute Gasteiger partial charge is 0.228 e. The zero-order valence-corrected chi connectivity index (χ0v) is 14.8. The fourth-order valence-electron chi connectivity index (χ4n) is 2.73. The first kappa shape index (κ1) is 18.6. The van der Waals surface area contributed by atoms with Gasteiger partial charge in [0.1, 0.15) is 5.75 Å². The Bertz CT molecular complexity index is 699. The lowest BCUT2D eigenvalue weighted by Crippen LogP contribution is -2.34. The molecule has 3 N–H and O–H groups in total. The highest BCUT2D eigenvalue weighted by atomic mass is 35.5. The Kier molecular flexibility index (Phi) is 6.48. The van der Waals surface area contributed by atoms with Crippen LogP contribution in [0.5, 0.6) is 5.75 Å². The van der Waals surface area contributed by atoms with Crippen LogP contribution in [0.25, 0.3) is 11.3 Å². The van der Waals surface area contributed by atoms with Crippen molar-refractivity contribution in [2.24, 2.45) is 5.92 Å². The number of rotatable bonds is 4. The van der Waals surface area contributed by atoms with Crippen molar-refractivity contribution < 1.29 is 9.53 Å². The molecular weight excluding hydrogens is 351 g/mol. The minimum atomic E-state index is 0. The standard InChI is InChI=1S/C16H19ClN4O2.ClH/c1-23-14-3-2-11(17)8-12(14)13-9-15(21-20-13)19-16(22)10-4-6-18-7-5-10;/h2-3,8-10,18H,4-7H2,1H3,(H2,19,20,21,22);1H. The molecule has 2 aromatic rings. The number of hydrogen-bond donors (Lipinski definition) is 3. The lowest BCUT2D eigenvalue weighted by Gasteiger charge is -2.21. The molecule has 1 aliphatic heterocycles. The molecule has 0 bridgehead atoms. The number of piperidine rings is 1. The number of anilines is 1. The van der Waals surface area contributed by atoms with Crippen molar-refractivity contribution in [3.63, 3.8) is 0 Å². The van der Waals surface area contributed by atoms with Gasteiger partial charge in [-0.2, -0.15) is 5.10 Å². The number of nitrogens with one attached hydrogen (secondary N) is 3. The molecule has 2 heterocycles. The van der Waals surface area contributed by atoms with E-state index in [4.69, 9.17) is 16.3 Å². The SMILES string of the molecule is COc1ccc(Cl)cc1-c1cc(NC(=O)C2CCNCC2)n[nH]1.Cl. The summed E-state index contributed by atoms with van der Waals surface area (Å²) in [5, 5.41) is 13.8. The molecule has 1 aromatic carbocycles. The fraction of sp³-hybridized carbons (Fsp3) is 0.375. The summed E-state index contributed by atoms with van der Waals surface area (Å²) in [6.07, 6.45) is 1.70. The van der Waals surface area contributed by atoms with E-state index in [1.807, 2.05) is 0 Å². The first-order valence-electron chi connectivity index (χ1n) is 7.58. The van der Waals surface area contributed by atoms with Crippen molar-refractivity contribution in [2.45, 2.75) is 12.8 Å². The van der Waals surface area contributed by atoms with Crippen molar-refractivity contribution >= 4 is 35.7 Å². The number of benzene rings is 1. The van der Waals surface area contributed by atoms with E-state index in [0.717, 1.165) is 37.2 Å². The molecule has 6 nitrogen and oxygen atoms in total. The maximum Gasteiger partial charge on any atom is 0.228 e. The number of nitrogens with zero attached hydrogens (tertiary/aromatic N) is 1. The van der Waals surface area contributed by atoms with Gasteiger partial charge in [-0.15, -0.1) is 12.4 Å². The molecule has 3 rings (SSSR count). The predicted octanol–water partition coefficient (Wildman–Crippen LogP) is 3.10. The summed E-state index contributed by atoms with van der Waals surface area (Å²) < 4.78 is 5.34. The van der Waals surface area contributed by atoms with Gasteiger partial charge in [0.25, 0.3) is 0 Å². The molecule has 0 atom stereocenters. The van der Waals surface area contributed by atoms with E-state index in [9.17, 15) is 4.79 Å². The lowest BCUT2D eigenvalue weighted by atomic mass is 9.97. The Morgan fingerprint density at radius 2 is 2.08 bits per heavy atom. The van der Waals surface area contributed by atoms with Gasteiger partial charge >= 0.3 is 0 Å². The van der Waals surface area contributed by atoms with Gasteiger partial charge in [0.15, 0.2) is 5.82 Å². The van der Waals surface area contributed by atoms with Crippen LogP contribution in [-0.2, 0) is 4.79 Å². The molecule has 1 aliphatic rings. The molecule has 1 aromatic heterocycles. The van der Waals surface area contributed by atoms with Gasteiger partial charge in [0.05, 0.1) is 12.8 Å². The van der Waals surface area contributed by atoms with Crippen molar-refractivity contribution in [3.05, 3.63) is 29.3 Å². The van der Waals surface area contributed by atoms with Gasteiger partial charge in [-0.25, -0.2) is 0 Å². The topological polar surface area (TPSA) is 79.0 Å². The van der Waals surface area contributed by atoms with Crippen molar-refractivity contribution in [1.82, 2.24) is 15.5 Å². The van der Waals surface area contributed by atoms with Crippen molar-refractivity contribution in [1.29, 1.82) is 0 Å². The number of methoxy groups -OCH3 is 1. The normalized spacial score (nSPS) is 14.8. The third-order valence-corrected chi connectivity index (χ3v) is 4.23. The monoisotopic (exact) mass is 370 g/mol. The number of aromatic amines is 1. The summed E-state index contributed by atoms with van der Waals surface area (Å²) in [6.45, 7) is 1.76. The average molecular weight is 371 g/mol. The van der Waals surface area contributed by atoms with E-state index in [-0.39, 0.29) is 24.2 Å². The predicted molar refractivity (Wildman–Crippen MR) is 97.1 cm³/mol. The van der Waals surface area contributed by atoms with Gasteiger partial charge in [-0.3, -0.25) is 9.89 Å². The van der Waals surface area contributed by atoms with Gasteiger partial charge in [0, 0.05) is 22.6 Å². The van der Waals surface area contributed by atoms with Gasteiger partial charge < -0.3 is 15.4 Å². The summed E-state index contributed by atoms with van der Waals surface area (Å²) in [6, 6.07) is 7.14. The second-order valence-electron chi connectivity index (χ2n) is 5.52. The van der Waals surface area contributed by atoms with Gasteiger partial charge in [-0.05, 0) is 44.1 Å². The van der Waals surface area contributed by atoms with Crippen LogP contribution >= 0.6 is 24.0 Å². The highest BCUT2D eigenvalue weighted by molar-refractivity contribution is 6.31. The molecule has 0 saturated carbocycles. The first-order chi connectivity index (χ1) is 11.2. The lowest BCUT2D eigenvalue weighted by molar-refractivity contribution is -0.120. The molecule has 0 aliphatic carbocycles. The number of halogens is 2. The van der Waals surface area contributed by atoms with Crippen LogP contribution in [-0.4, -0.2) is 36.3 Å². The summed E-state index contributed by atoms with van der Waals surface area (Å²) in [4.78, 5) is 12.3. The van der Waals surface area contributed by atoms with E-state index in [1.54, 1.807) is 31.4 Å². The van der Waals surface area contributed by atoms with Crippen LogP contribution in [0.15, 0.2) is 24.3 Å². The van der Waals surface area contributed by atoms with Crippen LogP contribution in [0.4, 0.5) is 5.82 Å². The number of ether oxygens (including phenoxy) is 1. The molecule has 24 heavy (non-hydrogen) atoms. The highest BCUT2D eigenvalue weighted by Gasteiger charge is 2.21. The van der Waals surface area contributed by atoms with Crippen LogP contribution in [0, 0.1) is 5.92 Å². The van der Waals surface area contributed by atoms with E-state index >= 15 is 0 Å². The van der Waals surface area contributed by atoms with Crippen LogP contribution in [0.1, 0.15) is 12.8 Å². The van der Waals surface area contributed by atoms with E-state index in [2.05, 4.69) is 20.8 Å². The number of H-pyrrole nitrogens is 1. The maximum absolute atomic E-state index is 12.3. The van der Waals surface area contributed by atoms with Crippen LogP contribution in [0.2, 0.25) is 5.02 Å². The molecule has 0 unspecified atom stereocenters. The Hall–Kier alpha value is -1.76. The largest absolute Gasteiger partial charge is 0.496 e. The minimum absolute atomic E-state index is 0. The van der Waals surface area contributed by atoms with E-state index < -0.39 is 0 Å². The Morgan fingerprint density at radius 3 is 2.79 bits per heavy atom. The molecule has 1 fully saturated rings. The first-order valence-corrected chi connectivity index (χ1v) is 7.96. The molecule has 8 heteroatoms. The molecule has 0 radical (unpaired) electrons. The zero-order chi connectivity index (χ0) is 16.2. The molecule has 130 valence electrons. The fourth-order valence-corrected chi connectivity index (χ4v) is 2.90. The molecular formula is C16H20Cl2N4O2. The Morgan fingerprint density at radius 1 is 1.33 bits per heavy atom. The maximum atomic E-state index is 12.3. The van der Waals surface area contributed by atoms with Crippen molar-refractivity contribution in [2.75, 3.05) is 25.5 Å². The average Bonchev–Trinajstić information content (AvgIpc) is 3.04. The molecule has 0 spiro atoms.